The zero-order valence-corrected chi connectivity index (χ0v) is 13.0. The average molecular weight is 340 g/mol. The van der Waals surface area contributed by atoms with Crippen LogP contribution in [0.25, 0.3) is 6.08 Å². The molecule has 1 saturated heterocycles. The topological polar surface area (TPSA) is 126 Å². The van der Waals surface area contributed by atoms with Crippen molar-refractivity contribution >= 4 is 12.0 Å². The molecule has 1 fully saturated rings. The van der Waals surface area contributed by atoms with Crippen LogP contribution in [-0.2, 0) is 14.3 Å². The third kappa shape index (κ3) is 4.31. The molecule has 0 spiro atoms. The van der Waals surface area contributed by atoms with Crippen molar-refractivity contribution in [2.75, 3.05) is 13.7 Å². The Morgan fingerprint density at radius 3 is 2.42 bits per heavy atom. The van der Waals surface area contributed by atoms with Crippen molar-refractivity contribution in [2.45, 2.75) is 30.7 Å². The molecule has 5 atom stereocenters. The van der Waals surface area contributed by atoms with Crippen LogP contribution in [0.3, 0.4) is 0 Å². The lowest BCUT2D eigenvalue weighted by molar-refractivity contribution is -0.277. The third-order valence-corrected chi connectivity index (χ3v) is 3.59. The molecular formula is C16H20O8. The van der Waals surface area contributed by atoms with Gasteiger partial charge in [-0.05, 0) is 23.8 Å². The van der Waals surface area contributed by atoms with Gasteiger partial charge in [0.05, 0.1) is 13.7 Å². The number of rotatable bonds is 5. The van der Waals surface area contributed by atoms with E-state index >= 15 is 0 Å². The fourth-order valence-corrected chi connectivity index (χ4v) is 2.19. The molecule has 1 aromatic rings. The Morgan fingerprint density at radius 1 is 1.17 bits per heavy atom. The van der Waals surface area contributed by atoms with Gasteiger partial charge in [-0.15, -0.1) is 0 Å². The highest BCUT2D eigenvalue weighted by atomic mass is 16.7. The Morgan fingerprint density at radius 2 is 1.83 bits per heavy atom. The zero-order chi connectivity index (χ0) is 17.7. The van der Waals surface area contributed by atoms with Gasteiger partial charge in [0.1, 0.15) is 30.2 Å². The van der Waals surface area contributed by atoms with E-state index in [0.717, 1.165) is 5.56 Å². The van der Waals surface area contributed by atoms with E-state index in [1.807, 2.05) is 0 Å². The van der Waals surface area contributed by atoms with Gasteiger partial charge in [-0.2, -0.15) is 0 Å². The Hall–Kier alpha value is -1.97. The summed E-state index contributed by atoms with van der Waals surface area (Å²) >= 11 is 0. The first kappa shape index (κ1) is 18.4. The molecule has 0 saturated carbocycles. The second kappa shape index (κ2) is 8.22. The summed E-state index contributed by atoms with van der Waals surface area (Å²) in [6.45, 7) is -0.526. The third-order valence-electron chi connectivity index (χ3n) is 3.59. The summed E-state index contributed by atoms with van der Waals surface area (Å²) in [6.07, 6.45) is -3.84. The molecule has 0 aliphatic carbocycles. The van der Waals surface area contributed by atoms with Gasteiger partial charge in [0, 0.05) is 6.08 Å². The van der Waals surface area contributed by atoms with E-state index in [-0.39, 0.29) is 0 Å². The van der Waals surface area contributed by atoms with E-state index < -0.39 is 43.3 Å². The molecule has 0 amide bonds. The predicted molar refractivity (Wildman–Crippen MR) is 81.9 cm³/mol. The molecule has 4 N–H and O–H groups in total. The highest BCUT2D eigenvalue weighted by Gasteiger charge is 2.44. The van der Waals surface area contributed by atoms with Crippen LogP contribution in [0.5, 0.6) is 5.75 Å². The molecule has 1 aromatic carbocycles. The van der Waals surface area contributed by atoms with Gasteiger partial charge in [-0.3, -0.25) is 0 Å². The van der Waals surface area contributed by atoms with Gasteiger partial charge in [0.15, 0.2) is 0 Å². The maximum Gasteiger partial charge on any atom is 0.330 e. The van der Waals surface area contributed by atoms with Crippen molar-refractivity contribution in [3.05, 3.63) is 35.9 Å². The van der Waals surface area contributed by atoms with Gasteiger partial charge < -0.3 is 34.6 Å². The number of ether oxygens (including phenoxy) is 3. The summed E-state index contributed by atoms with van der Waals surface area (Å²) < 4.78 is 15.2. The second-order valence-electron chi connectivity index (χ2n) is 5.24. The quantitative estimate of drug-likeness (QED) is 0.399. The number of hydrogen-bond acceptors (Lipinski definition) is 8. The Balaban J connectivity index is 2.02. The van der Waals surface area contributed by atoms with Crippen LogP contribution in [0.4, 0.5) is 0 Å². The zero-order valence-electron chi connectivity index (χ0n) is 13.0. The number of carbonyl (C=O) groups is 1. The maximum atomic E-state index is 11.0. The Bertz CT molecular complexity index is 568. The van der Waals surface area contributed by atoms with Gasteiger partial charge in [-0.1, -0.05) is 12.1 Å². The van der Waals surface area contributed by atoms with Gasteiger partial charge in [-0.25, -0.2) is 4.79 Å². The number of carbonyl (C=O) groups excluding carboxylic acids is 1. The van der Waals surface area contributed by atoms with Gasteiger partial charge >= 0.3 is 5.97 Å². The number of methoxy groups -OCH3 is 1. The molecule has 1 unspecified atom stereocenters. The van der Waals surface area contributed by atoms with Crippen molar-refractivity contribution in [1.29, 1.82) is 0 Å². The Kier molecular flexibility index (Phi) is 6.29. The van der Waals surface area contributed by atoms with Crippen LogP contribution in [0.2, 0.25) is 0 Å². The molecule has 0 radical (unpaired) electrons. The van der Waals surface area contributed by atoms with Crippen molar-refractivity contribution in [3.63, 3.8) is 0 Å². The van der Waals surface area contributed by atoms with Gasteiger partial charge in [0.2, 0.25) is 6.29 Å². The van der Waals surface area contributed by atoms with E-state index in [4.69, 9.17) is 14.6 Å². The van der Waals surface area contributed by atoms with E-state index in [1.165, 1.54) is 13.2 Å². The fraction of sp³-hybridized carbons (Fsp3) is 0.438. The van der Waals surface area contributed by atoms with Crippen molar-refractivity contribution in [3.8, 4) is 5.75 Å². The van der Waals surface area contributed by atoms with Crippen molar-refractivity contribution < 1.29 is 39.4 Å². The second-order valence-corrected chi connectivity index (χ2v) is 5.24. The first-order valence-electron chi connectivity index (χ1n) is 7.29. The molecule has 2 rings (SSSR count). The number of benzene rings is 1. The Labute approximate surface area is 138 Å². The van der Waals surface area contributed by atoms with Crippen molar-refractivity contribution in [2.24, 2.45) is 0 Å². The maximum absolute atomic E-state index is 11.0. The minimum absolute atomic E-state index is 0.342. The predicted octanol–water partition coefficient (Wildman–Crippen LogP) is -0.949. The summed E-state index contributed by atoms with van der Waals surface area (Å²) in [5, 5.41) is 38.5. The highest BCUT2D eigenvalue weighted by Crippen LogP contribution is 2.24. The first-order valence-corrected chi connectivity index (χ1v) is 7.29. The van der Waals surface area contributed by atoms with Crippen LogP contribution in [-0.4, -0.2) is 70.8 Å². The molecule has 0 aromatic heterocycles. The molecule has 0 bridgehead atoms. The summed E-state index contributed by atoms with van der Waals surface area (Å²) in [5.74, 6) is -0.133. The monoisotopic (exact) mass is 340 g/mol. The molecular weight excluding hydrogens is 320 g/mol. The molecule has 1 aliphatic heterocycles. The minimum atomic E-state index is -1.50. The standard InChI is InChI=1S/C16H20O8/c1-22-12(18)7-4-9-2-5-10(6-3-9)23-16-15(21)14(20)13(19)11(8-17)24-16/h2-7,11,13-17,19-21H,8H2,1H3/t11-,13-,14+,15-,16?/m1/s1. The van der Waals surface area contributed by atoms with E-state index in [0.29, 0.717) is 5.75 Å². The van der Waals surface area contributed by atoms with Crippen LogP contribution in [0, 0.1) is 0 Å². The molecule has 8 heteroatoms. The normalized spacial score (nSPS) is 30.3. The van der Waals surface area contributed by atoms with Crippen LogP contribution < -0.4 is 4.74 Å². The molecule has 1 heterocycles. The first-order chi connectivity index (χ1) is 11.5. The fourth-order valence-electron chi connectivity index (χ4n) is 2.19. The molecule has 132 valence electrons. The lowest BCUT2D eigenvalue weighted by atomic mass is 9.99. The van der Waals surface area contributed by atoms with Crippen LogP contribution in [0.1, 0.15) is 5.56 Å². The largest absolute Gasteiger partial charge is 0.466 e. The summed E-state index contributed by atoms with van der Waals surface area (Å²) in [4.78, 5) is 11.0. The number of aliphatic hydroxyl groups excluding tert-OH is 4. The minimum Gasteiger partial charge on any atom is -0.466 e. The summed E-state index contributed by atoms with van der Waals surface area (Å²) in [5.41, 5.74) is 0.724. The van der Waals surface area contributed by atoms with Gasteiger partial charge in [0.25, 0.3) is 0 Å². The number of esters is 1. The summed E-state index contributed by atoms with van der Waals surface area (Å²) in [7, 11) is 1.28. The lowest BCUT2D eigenvalue weighted by Gasteiger charge is -2.39. The van der Waals surface area contributed by atoms with Crippen molar-refractivity contribution in [1.82, 2.24) is 0 Å². The molecule has 1 aliphatic rings. The van der Waals surface area contributed by atoms with Crippen LogP contribution in [0.15, 0.2) is 30.3 Å². The summed E-state index contributed by atoms with van der Waals surface area (Å²) in [6, 6.07) is 6.49. The number of hydrogen-bond donors (Lipinski definition) is 4. The number of aliphatic hydroxyl groups is 4. The smallest absolute Gasteiger partial charge is 0.330 e. The average Bonchev–Trinajstić information content (AvgIpc) is 2.61. The SMILES string of the molecule is COC(=O)C=Cc1ccc(OC2O[C@H](CO)[C@@H](O)[C@H](O)[C@H]2O)cc1. The lowest BCUT2D eigenvalue weighted by Crippen LogP contribution is -2.60. The van der Waals surface area contributed by atoms with E-state index in [2.05, 4.69) is 4.74 Å². The highest BCUT2D eigenvalue weighted by molar-refractivity contribution is 5.86. The van der Waals surface area contributed by atoms with E-state index in [9.17, 15) is 20.1 Å². The van der Waals surface area contributed by atoms with E-state index in [1.54, 1.807) is 30.3 Å². The van der Waals surface area contributed by atoms with Crippen LogP contribution >= 0.6 is 0 Å². The molecule has 24 heavy (non-hydrogen) atoms. The molecule has 8 nitrogen and oxygen atoms in total.